The van der Waals surface area contributed by atoms with Crippen molar-refractivity contribution in [3.8, 4) is 0 Å². The summed E-state index contributed by atoms with van der Waals surface area (Å²) in [4.78, 5) is 0. The molecular weight excluding hydrogens is 184 g/mol. The van der Waals surface area contributed by atoms with Gasteiger partial charge in [-0.15, -0.1) is 0 Å². The summed E-state index contributed by atoms with van der Waals surface area (Å²) in [5.74, 6) is -0.469. The van der Waals surface area contributed by atoms with Gasteiger partial charge in [0, 0.05) is 6.61 Å². The molecule has 2 aliphatic rings. The Labute approximate surface area is 84.5 Å². The second-order valence-electron chi connectivity index (χ2n) is 4.17. The molecular formula is C10H18O4. The number of ether oxygens (including phenoxy) is 4. The minimum atomic E-state index is -0.469. The Morgan fingerprint density at radius 1 is 1.36 bits per heavy atom. The van der Waals surface area contributed by atoms with Crippen molar-refractivity contribution in [2.75, 3.05) is 19.8 Å². The van der Waals surface area contributed by atoms with E-state index < -0.39 is 5.79 Å². The molecule has 0 aromatic carbocycles. The first kappa shape index (κ1) is 10.4. The van der Waals surface area contributed by atoms with Crippen molar-refractivity contribution in [3.63, 3.8) is 0 Å². The van der Waals surface area contributed by atoms with Gasteiger partial charge in [0.2, 0.25) is 0 Å². The Bertz CT molecular complexity index is 204. The largest absolute Gasteiger partial charge is 0.379 e. The second-order valence-corrected chi connectivity index (χ2v) is 4.17. The molecule has 2 fully saturated rings. The molecule has 0 amide bonds. The molecule has 2 rings (SSSR count). The van der Waals surface area contributed by atoms with Crippen molar-refractivity contribution in [1.29, 1.82) is 0 Å². The van der Waals surface area contributed by atoms with Gasteiger partial charge in [-0.3, -0.25) is 0 Å². The van der Waals surface area contributed by atoms with Gasteiger partial charge in [-0.25, -0.2) is 0 Å². The summed E-state index contributed by atoms with van der Waals surface area (Å²) in [5, 5.41) is 0. The molecule has 4 nitrogen and oxygen atoms in total. The minimum Gasteiger partial charge on any atom is -0.379 e. The standard InChI is InChI=1S/C10H18O4/c1-4-11-5-7-9-8(6-12-7)13-10(2,3)14-9/h7-9H,4-6H2,1-3H3/t7-,8+,9-/m1/s1. The van der Waals surface area contributed by atoms with E-state index in [2.05, 4.69) is 0 Å². The van der Waals surface area contributed by atoms with Gasteiger partial charge >= 0.3 is 0 Å². The van der Waals surface area contributed by atoms with E-state index >= 15 is 0 Å². The summed E-state index contributed by atoms with van der Waals surface area (Å²) >= 11 is 0. The van der Waals surface area contributed by atoms with Gasteiger partial charge in [-0.1, -0.05) is 0 Å². The van der Waals surface area contributed by atoms with E-state index in [4.69, 9.17) is 18.9 Å². The average Bonchev–Trinajstić information content (AvgIpc) is 2.57. The minimum absolute atomic E-state index is 0.0294. The zero-order valence-electron chi connectivity index (χ0n) is 8.99. The SMILES string of the molecule is CCOC[C@H]1OC[C@@H]2OC(C)(C)O[C@@H]21. The van der Waals surface area contributed by atoms with Crippen molar-refractivity contribution >= 4 is 0 Å². The van der Waals surface area contributed by atoms with Crippen molar-refractivity contribution in [2.45, 2.75) is 44.9 Å². The van der Waals surface area contributed by atoms with Crippen molar-refractivity contribution in [1.82, 2.24) is 0 Å². The lowest BCUT2D eigenvalue weighted by Crippen LogP contribution is -2.32. The Morgan fingerprint density at radius 3 is 2.86 bits per heavy atom. The maximum Gasteiger partial charge on any atom is 0.164 e. The average molecular weight is 202 g/mol. The summed E-state index contributed by atoms with van der Waals surface area (Å²) < 4.78 is 22.3. The molecule has 2 saturated heterocycles. The fourth-order valence-corrected chi connectivity index (χ4v) is 2.00. The van der Waals surface area contributed by atoms with Gasteiger partial charge in [-0.05, 0) is 20.8 Å². The molecule has 0 N–H and O–H groups in total. The number of hydrogen-bond donors (Lipinski definition) is 0. The lowest BCUT2D eigenvalue weighted by Gasteiger charge is -2.21. The summed E-state index contributed by atoms with van der Waals surface area (Å²) in [6.07, 6.45) is 0.147. The molecule has 0 saturated carbocycles. The van der Waals surface area contributed by atoms with Gasteiger partial charge in [0.15, 0.2) is 5.79 Å². The molecule has 3 atom stereocenters. The van der Waals surface area contributed by atoms with E-state index in [-0.39, 0.29) is 18.3 Å². The Morgan fingerprint density at radius 2 is 2.14 bits per heavy atom. The van der Waals surface area contributed by atoms with Crippen LogP contribution in [0.4, 0.5) is 0 Å². The first-order valence-electron chi connectivity index (χ1n) is 5.17. The molecule has 82 valence electrons. The van der Waals surface area contributed by atoms with Crippen LogP contribution in [0.15, 0.2) is 0 Å². The summed E-state index contributed by atoms with van der Waals surface area (Å²) in [5.41, 5.74) is 0. The predicted octanol–water partition coefficient (Wildman–Crippen LogP) is 0.942. The molecule has 0 unspecified atom stereocenters. The van der Waals surface area contributed by atoms with Gasteiger partial charge in [-0.2, -0.15) is 0 Å². The topological polar surface area (TPSA) is 36.9 Å². The monoisotopic (exact) mass is 202 g/mol. The Hall–Kier alpha value is -0.160. The lowest BCUT2D eigenvalue weighted by atomic mass is 10.2. The summed E-state index contributed by atoms with van der Waals surface area (Å²) in [6.45, 7) is 7.76. The molecule has 14 heavy (non-hydrogen) atoms. The van der Waals surface area contributed by atoms with E-state index in [0.717, 1.165) is 0 Å². The van der Waals surface area contributed by atoms with E-state index in [0.29, 0.717) is 19.8 Å². The van der Waals surface area contributed by atoms with Crippen molar-refractivity contribution in [2.24, 2.45) is 0 Å². The maximum atomic E-state index is 5.76. The third kappa shape index (κ3) is 1.93. The van der Waals surface area contributed by atoms with Crippen LogP contribution in [0.1, 0.15) is 20.8 Å². The number of fused-ring (bicyclic) bond motifs is 1. The first-order chi connectivity index (χ1) is 6.62. The molecule has 4 heteroatoms. The maximum absolute atomic E-state index is 5.76. The molecule has 0 aromatic rings. The van der Waals surface area contributed by atoms with Gasteiger partial charge in [0.05, 0.1) is 13.2 Å². The van der Waals surface area contributed by atoms with Crippen molar-refractivity contribution < 1.29 is 18.9 Å². The van der Waals surface area contributed by atoms with Crippen LogP contribution in [0, 0.1) is 0 Å². The third-order valence-corrected chi connectivity index (χ3v) is 2.55. The normalized spacial score (nSPS) is 40.1. The fraction of sp³-hybridized carbons (Fsp3) is 1.00. The van der Waals surface area contributed by atoms with E-state index in [1.165, 1.54) is 0 Å². The molecule has 2 heterocycles. The third-order valence-electron chi connectivity index (χ3n) is 2.55. The Balaban J connectivity index is 1.91. The van der Waals surface area contributed by atoms with Gasteiger partial charge < -0.3 is 18.9 Å². The van der Waals surface area contributed by atoms with Crippen LogP contribution in [0.2, 0.25) is 0 Å². The van der Waals surface area contributed by atoms with Crippen LogP contribution in [0.3, 0.4) is 0 Å². The molecule has 0 spiro atoms. The molecule has 0 radical (unpaired) electrons. The highest BCUT2D eigenvalue weighted by Gasteiger charge is 2.49. The number of rotatable bonds is 3. The van der Waals surface area contributed by atoms with Crippen LogP contribution in [0.25, 0.3) is 0 Å². The van der Waals surface area contributed by atoms with Crippen LogP contribution < -0.4 is 0 Å². The zero-order chi connectivity index (χ0) is 10.2. The highest BCUT2D eigenvalue weighted by molar-refractivity contribution is 4.92. The zero-order valence-corrected chi connectivity index (χ0v) is 8.99. The van der Waals surface area contributed by atoms with Crippen molar-refractivity contribution in [3.05, 3.63) is 0 Å². The smallest absolute Gasteiger partial charge is 0.164 e. The van der Waals surface area contributed by atoms with E-state index in [9.17, 15) is 0 Å². The molecule has 0 aromatic heterocycles. The van der Waals surface area contributed by atoms with Gasteiger partial charge in [0.1, 0.15) is 18.3 Å². The van der Waals surface area contributed by atoms with Crippen LogP contribution >= 0.6 is 0 Å². The van der Waals surface area contributed by atoms with E-state index in [1.54, 1.807) is 0 Å². The highest BCUT2D eigenvalue weighted by atomic mass is 16.8. The van der Waals surface area contributed by atoms with Gasteiger partial charge in [0.25, 0.3) is 0 Å². The molecule has 2 aliphatic heterocycles. The first-order valence-corrected chi connectivity index (χ1v) is 5.17. The van der Waals surface area contributed by atoms with Crippen LogP contribution in [-0.4, -0.2) is 43.9 Å². The summed E-state index contributed by atoms with van der Waals surface area (Å²) in [6, 6.07) is 0. The Kier molecular flexibility index (Phi) is 2.79. The quantitative estimate of drug-likeness (QED) is 0.682. The molecule has 0 bridgehead atoms. The molecule has 0 aliphatic carbocycles. The van der Waals surface area contributed by atoms with Crippen LogP contribution in [0.5, 0.6) is 0 Å². The van der Waals surface area contributed by atoms with E-state index in [1.807, 2.05) is 20.8 Å². The second kappa shape index (κ2) is 3.77. The summed E-state index contributed by atoms with van der Waals surface area (Å²) in [7, 11) is 0. The number of hydrogen-bond acceptors (Lipinski definition) is 4. The predicted molar refractivity (Wildman–Crippen MR) is 50.1 cm³/mol. The highest BCUT2D eigenvalue weighted by Crippen LogP contribution is 2.35. The lowest BCUT2D eigenvalue weighted by molar-refractivity contribution is -0.179. The van der Waals surface area contributed by atoms with Crippen LogP contribution in [-0.2, 0) is 18.9 Å². The fourth-order valence-electron chi connectivity index (χ4n) is 2.00.